The van der Waals surface area contributed by atoms with Gasteiger partial charge >= 0.3 is 0 Å². The van der Waals surface area contributed by atoms with Crippen LogP contribution in [0.2, 0.25) is 0 Å². The molecule has 2 atom stereocenters. The SMILES string of the molecule is CC(C)Cc1ccc([C@@H]2C[C@H]2CN)cc1. The molecule has 0 spiro atoms. The Morgan fingerprint density at radius 3 is 2.40 bits per heavy atom. The molecule has 0 aromatic heterocycles. The molecule has 1 heteroatoms. The van der Waals surface area contributed by atoms with Crippen LogP contribution >= 0.6 is 0 Å². The van der Waals surface area contributed by atoms with Crippen LogP contribution in [0.5, 0.6) is 0 Å². The number of hydrogen-bond acceptors (Lipinski definition) is 1. The number of benzene rings is 1. The van der Waals surface area contributed by atoms with Crippen LogP contribution in [0.25, 0.3) is 0 Å². The fourth-order valence-electron chi connectivity index (χ4n) is 2.29. The highest BCUT2D eigenvalue weighted by Gasteiger charge is 2.36. The molecule has 15 heavy (non-hydrogen) atoms. The molecule has 1 saturated carbocycles. The predicted octanol–water partition coefficient (Wildman–Crippen LogP) is 2.95. The summed E-state index contributed by atoms with van der Waals surface area (Å²) < 4.78 is 0. The molecule has 1 aliphatic carbocycles. The maximum atomic E-state index is 5.66. The smallest absolute Gasteiger partial charge is 0.00428 e. The van der Waals surface area contributed by atoms with E-state index in [1.165, 1.54) is 24.0 Å². The second-order valence-electron chi connectivity index (χ2n) is 5.18. The number of hydrogen-bond donors (Lipinski definition) is 1. The van der Waals surface area contributed by atoms with Crippen LogP contribution in [0.3, 0.4) is 0 Å². The summed E-state index contributed by atoms with van der Waals surface area (Å²) in [6.07, 6.45) is 2.48. The Hall–Kier alpha value is -0.820. The molecule has 0 aliphatic heterocycles. The lowest BCUT2D eigenvalue weighted by molar-refractivity contribution is 0.647. The Kier molecular flexibility index (Phi) is 3.11. The molecular formula is C14H21N. The van der Waals surface area contributed by atoms with Crippen molar-refractivity contribution in [1.29, 1.82) is 0 Å². The normalized spacial score (nSPS) is 24.5. The molecule has 2 N–H and O–H groups in total. The van der Waals surface area contributed by atoms with Crippen molar-refractivity contribution in [1.82, 2.24) is 0 Å². The summed E-state index contributed by atoms with van der Waals surface area (Å²) in [5.74, 6) is 2.25. The van der Waals surface area contributed by atoms with Crippen molar-refractivity contribution in [3.8, 4) is 0 Å². The molecule has 82 valence electrons. The second kappa shape index (κ2) is 4.36. The van der Waals surface area contributed by atoms with Crippen LogP contribution in [0.1, 0.15) is 37.3 Å². The molecule has 1 aliphatic rings. The zero-order chi connectivity index (χ0) is 10.8. The van der Waals surface area contributed by atoms with Gasteiger partial charge in [0.15, 0.2) is 0 Å². The Labute approximate surface area is 92.7 Å². The van der Waals surface area contributed by atoms with Gasteiger partial charge in [0.25, 0.3) is 0 Å². The van der Waals surface area contributed by atoms with Gasteiger partial charge in [-0.15, -0.1) is 0 Å². The van der Waals surface area contributed by atoms with Gasteiger partial charge in [0.2, 0.25) is 0 Å². The van der Waals surface area contributed by atoms with Crippen LogP contribution < -0.4 is 5.73 Å². The van der Waals surface area contributed by atoms with Crippen molar-refractivity contribution >= 4 is 0 Å². The zero-order valence-electron chi connectivity index (χ0n) is 9.74. The first-order chi connectivity index (χ1) is 7.20. The van der Waals surface area contributed by atoms with Crippen LogP contribution in [-0.2, 0) is 6.42 Å². The molecule has 1 fully saturated rings. The van der Waals surface area contributed by atoms with E-state index in [0.29, 0.717) is 0 Å². The first-order valence-electron chi connectivity index (χ1n) is 5.99. The van der Waals surface area contributed by atoms with E-state index in [0.717, 1.165) is 24.3 Å². The standard InChI is InChI=1S/C14H21N/c1-10(2)7-11-3-5-12(6-4-11)14-8-13(14)9-15/h3-6,10,13-14H,7-9,15H2,1-2H3/t13-,14-/m0/s1. The Balaban J connectivity index is 1.99. The highest BCUT2D eigenvalue weighted by molar-refractivity contribution is 5.29. The highest BCUT2D eigenvalue weighted by atomic mass is 14.6. The summed E-state index contributed by atoms with van der Waals surface area (Å²) >= 11 is 0. The third-order valence-electron chi connectivity index (χ3n) is 3.28. The van der Waals surface area contributed by atoms with Crippen LogP contribution in [0.15, 0.2) is 24.3 Å². The third kappa shape index (κ3) is 2.60. The lowest BCUT2D eigenvalue weighted by Crippen LogP contribution is -2.02. The number of nitrogens with two attached hydrogens (primary N) is 1. The summed E-state index contributed by atoms with van der Waals surface area (Å²) in [6.45, 7) is 5.37. The van der Waals surface area contributed by atoms with Gasteiger partial charge in [-0.05, 0) is 48.3 Å². The summed E-state index contributed by atoms with van der Waals surface area (Å²) in [7, 11) is 0. The fraction of sp³-hybridized carbons (Fsp3) is 0.571. The average Bonchev–Trinajstić information content (AvgIpc) is 2.97. The molecule has 2 rings (SSSR count). The van der Waals surface area contributed by atoms with E-state index < -0.39 is 0 Å². The minimum atomic E-state index is 0.744. The molecular weight excluding hydrogens is 182 g/mol. The molecule has 0 bridgehead atoms. The van der Waals surface area contributed by atoms with Gasteiger partial charge in [-0.2, -0.15) is 0 Å². The third-order valence-corrected chi connectivity index (χ3v) is 3.28. The number of rotatable bonds is 4. The van der Waals surface area contributed by atoms with E-state index >= 15 is 0 Å². The minimum absolute atomic E-state index is 0.744. The summed E-state index contributed by atoms with van der Waals surface area (Å²) in [5.41, 5.74) is 8.60. The zero-order valence-corrected chi connectivity index (χ0v) is 9.74. The predicted molar refractivity (Wildman–Crippen MR) is 64.9 cm³/mol. The van der Waals surface area contributed by atoms with E-state index in [2.05, 4.69) is 38.1 Å². The monoisotopic (exact) mass is 203 g/mol. The van der Waals surface area contributed by atoms with Crippen molar-refractivity contribution in [2.45, 2.75) is 32.6 Å². The molecule has 0 radical (unpaired) electrons. The van der Waals surface area contributed by atoms with Crippen LogP contribution in [-0.4, -0.2) is 6.54 Å². The van der Waals surface area contributed by atoms with Gasteiger partial charge in [0.05, 0.1) is 0 Å². The molecule has 0 saturated heterocycles. The lowest BCUT2D eigenvalue weighted by Gasteiger charge is -2.06. The van der Waals surface area contributed by atoms with Gasteiger partial charge in [-0.1, -0.05) is 38.1 Å². The maximum Gasteiger partial charge on any atom is -0.00428 e. The van der Waals surface area contributed by atoms with Crippen molar-refractivity contribution in [2.75, 3.05) is 6.54 Å². The largest absolute Gasteiger partial charge is 0.330 e. The van der Waals surface area contributed by atoms with E-state index in [1.807, 2.05) is 0 Å². The topological polar surface area (TPSA) is 26.0 Å². The Bertz CT molecular complexity index is 313. The van der Waals surface area contributed by atoms with Gasteiger partial charge in [-0.25, -0.2) is 0 Å². The molecule has 0 heterocycles. The molecule has 1 aromatic rings. The summed E-state index contributed by atoms with van der Waals surface area (Å²) in [5, 5.41) is 0. The van der Waals surface area contributed by atoms with Gasteiger partial charge in [0.1, 0.15) is 0 Å². The van der Waals surface area contributed by atoms with Crippen molar-refractivity contribution in [3.63, 3.8) is 0 Å². The first kappa shape index (κ1) is 10.7. The van der Waals surface area contributed by atoms with Crippen LogP contribution in [0, 0.1) is 11.8 Å². The summed E-state index contributed by atoms with van der Waals surface area (Å²) in [6, 6.07) is 9.14. The van der Waals surface area contributed by atoms with Crippen LogP contribution in [0.4, 0.5) is 0 Å². The van der Waals surface area contributed by atoms with Crippen molar-refractivity contribution in [2.24, 2.45) is 17.6 Å². The molecule has 0 amide bonds. The summed E-state index contributed by atoms with van der Waals surface area (Å²) in [4.78, 5) is 0. The van der Waals surface area contributed by atoms with E-state index in [-0.39, 0.29) is 0 Å². The van der Waals surface area contributed by atoms with Gasteiger partial charge in [-0.3, -0.25) is 0 Å². The Morgan fingerprint density at radius 1 is 1.27 bits per heavy atom. The highest BCUT2D eigenvalue weighted by Crippen LogP contribution is 2.46. The molecule has 1 nitrogen and oxygen atoms in total. The fourth-order valence-corrected chi connectivity index (χ4v) is 2.29. The van der Waals surface area contributed by atoms with E-state index in [9.17, 15) is 0 Å². The first-order valence-corrected chi connectivity index (χ1v) is 5.99. The van der Waals surface area contributed by atoms with Crippen molar-refractivity contribution < 1.29 is 0 Å². The van der Waals surface area contributed by atoms with E-state index in [1.54, 1.807) is 0 Å². The Morgan fingerprint density at radius 2 is 1.93 bits per heavy atom. The maximum absolute atomic E-state index is 5.66. The lowest BCUT2D eigenvalue weighted by atomic mass is 10.0. The van der Waals surface area contributed by atoms with Crippen molar-refractivity contribution in [3.05, 3.63) is 35.4 Å². The second-order valence-corrected chi connectivity index (χ2v) is 5.18. The molecule has 1 aromatic carbocycles. The average molecular weight is 203 g/mol. The van der Waals surface area contributed by atoms with Gasteiger partial charge in [0, 0.05) is 0 Å². The van der Waals surface area contributed by atoms with Gasteiger partial charge < -0.3 is 5.73 Å². The molecule has 0 unspecified atom stereocenters. The quantitative estimate of drug-likeness (QED) is 0.800. The minimum Gasteiger partial charge on any atom is -0.330 e. The van der Waals surface area contributed by atoms with E-state index in [4.69, 9.17) is 5.73 Å².